The van der Waals surface area contributed by atoms with Crippen molar-refractivity contribution in [2.45, 2.75) is 119 Å². The van der Waals surface area contributed by atoms with Gasteiger partial charge in [0, 0.05) is 42.4 Å². The number of anilines is 1. The van der Waals surface area contributed by atoms with Gasteiger partial charge in [0.05, 0.1) is 5.69 Å². The predicted octanol–water partition coefficient (Wildman–Crippen LogP) is 9.03. The van der Waals surface area contributed by atoms with Gasteiger partial charge < -0.3 is 15.3 Å². The molecular weight excluding hydrogens is 500 g/mol. The third-order valence-corrected chi connectivity index (χ3v) is 9.03. The maximum Gasteiger partial charge on any atom is 0.303 e. The summed E-state index contributed by atoms with van der Waals surface area (Å²) >= 11 is 1.95. The minimum absolute atomic E-state index is 0.332. The Morgan fingerprint density at radius 1 is 0.769 bits per heavy atom. The molecule has 0 radical (unpaired) electrons. The highest BCUT2D eigenvalue weighted by atomic mass is 32.2. The van der Waals surface area contributed by atoms with Gasteiger partial charge in [0.2, 0.25) is 0 Å². The molecule has 2 N–H and O–H groups in total. The van der Waals surface area contributed by atoms with Crippen LogP contribution in [0.5, 0.6) is 0 Å². The van der Waals surface area contributed by atoms with Crippen LogP contribution in [0.1, 0.15) is 107 Å². The van der Waals surface area contributed by atoms with E-state index in [0.29, 0.717) is 6.42 Å². The van der Waals surface area contributed by atoms with E-state index >= 15 is 0 Å². The molecule has 1 heterocycles. The molecular formula is C34H52N2O2S. The topological polar surface area (TPSA) is 52.6 Å². The molecule has 1 aliphatic rings. The number of piperazine rings is 1. The molecule has 0 bridgehead atoms. The van der Waals surface area contributed by atoms with Gasteiger partial charge in [0.25, 0.3) is 0 Å². The van der Waals surface area contributed by atoms with Crippen molar-refractivity contribution in [1.82, 2.24) is 5.32 Å². The molecule has 4 nitrogen and oxygen atoms in total. The van der Waals surface area contributed by atoms with E-state index in [9.17, 15) is 4.79 Å². The SMILES string of the molecule is Cc1ccc(Sc2ccccc2N2CCNCC2)c(CCCCCCCCCCCCCCCCC(=O)O)c1. The van der Waals surface area contributed by atoms with Crippen LogP contribution in [0.15, 0.2) is 52.3 Å². The van der Waals surface area contributed by atoms with E-state index in [1.807, 2.05) is 11.8 Å². The number of hydrogen-bond acceptors (Lipinski definition) is 4. The quantitative estimate of drug-likeness (QED) is 0.161. The summed E-state index contributed by atoms with van der Waals surface area (Å²) in [5.74, 6) is -0.659. The molecule has 5 heteroatoms. The van der Waals surface area contributed by atoms with Crippen LogP contribution in [0, 0.1) is 6.92 Å². The summed E-state index contributed by atoms with van der Waals surface area (Å²) in [6, 6.07) is 15.9. The zero-order valence-electron chi connectivity index (χ0n) is 24.4. The molecule has 2 aromatic carbocycles. The summed E-state index contributed by atoms with van der Waals surface area (Å²) in [7, 11) is 0. The minimum atomic E-state index is -0.659. The van der Waals surface area contributed by atoms with E-state index in [-0.39, 0.29) is 0 Å². The van der Waals surface area contributed by atoms with Gasteiger partial charge >= 0.3 is 5.97 Å². The molecule has 0 saturated carbocycles. The highest BCUT2D eigenvalue weighted by molar-refractivity contribution is 7.99. The molecule has 0 spiro atoms. The minimum Gasteiger partial charge on any atom is -0.481 e. The lowest BCUT2D eigenvalue weighted by molar-refractivity contribution is -0.137. The Bertz CT molecular complexity index is 958. The number of aryl methyl sites for hydroxylation is 2. The Morgan fingerprint density at radius 2 is 1.33 bits per heavy atom. The molecule has 3 rings (SSSR count). The van der Waals surface area contributed by atoms with Gasteiger partial charge in [-0.15, -0.1) is 0 Å². The number of hydrogen-bond donors (Lipinski definition) is 2. The van der Waals surface area contributed by atoms with Crippen molar-refractivity contribution in [3.05, 3.63) is 53.6 Å². The van der Waals surface area contributed by atoms with Crippen LogP contribution in [-0.2, 0) is 11.2 Å². The monoisotopic (exact) mass is 552 g/mol. The second-order valence-corrected chi connectivity index (χ2v) is 12.3. The fourth-order valence-electron chi connectivity index (χ4n) is 5.55. The summed E-state index contributed by atoms with van der Waals surface area (Å²) in [6.07, 6.45) is 19.4. The molecule has 216 valence electrons. The van der Waals surface area contributed by atoms with E-state index in [1.165, 1.54) is 110 Å². The van der Waals surface area contributed by atoms with Crippen molar-refractivity contribution in [2.24, 2.45) is 0 Å². The number of carbonyl (C=O) groups is 1. The Balaban J connectivity index is 1.28. The Hall–Kier alpha value is -1.98. The van der Waals surface area contributed by atoms with Gasteiger partial charge in [-0.1, -0.05) is 119 Å². The normalized spacial score (nSPS) is 13.6. The molecule has 1 aliphatic heterocycles. The first-order valence-electron chi connectivity index (χ1n) is 15.7. The third-order valence-electron chi connectivity index (χ3n) is 7.85. The lowest BCUT2D eigenvalue weighted by atomic mass is 10.0. The Labute approximate surface area is 242 Å². The predicted molar refractivity (Wildman–Crippen MR) is 167 cm³/mol. The number of nitrogens with zero attached hydrogens (tertiary/aromatic N) is 1. The highest BCUT2D eigenvalue weighted by Gasteiger charge is 2.15. The van der Waals surface area contributed by atoms with Crippen molar-refractivity contribution < 1.29 is 9.90 Å². The second-order valence-electron chi connectivity index (χ2n) is 11.3. The zero-order valence-corrected chi connectivity index (χ0v) is 25.2. The molecule has 1 saturated heterocycles. The number of para-hydroxylation sites is 1. The first-order valence-corrected chi connectivity index (χ1v) is 16.5. The third kappa shape index (κ3) is 12.8. The molecule has 0 aliphatic carbocycles. The summed E-state index contributed by atoms with van der Waals surface area (Å²) in [4.78, 5) is 15.8. The molecule has 2 aromatic rings. The first-order chi connectivity index (χ1) is 19.1. The van der Waals surface area contributed by atoms with Crippen LogP contribution in [0.2, 0.25) is 0 Å². The molecule has 0 unspecified atom stereocenters. The van der Waals surface area contributed by atoms with Crippen molar-refractivity contribution in [1.29, 1.82) is 0 Å². The first kappa shape index (κ1) is 31.5. The highest BCUT2D eigenvalue weighted by Crippen LogP contribution is 2.38. The standard InChI is InChI=1S/C34H52N2O2S/c1-29-22-23-32(39-33-20-17-16-19-31(33)36-26-24-35-25-27-36)30(28-29)18-14-12-10-8-6-4-2-3-5-7-9-11-13-15-21-34(37)38/h16-17,19-20,22-23,28,35H,2-15,18,21,24-27H2,1H3,(H,37,38). The average Bonchev–Trinajstić information content (AvgIpc) is 2.94. The van der Waals surface area contributed by atoms with Crippen molar-refractivity contribution in [3.63, 3.8) is 0 Å². The number of nitrogens with one attached hydrogen (secondary N) is 1. The van der Waals surface area contributed by atoms with Gasteiger partial charge in [-0.25, -0.2) is 0 Å². The average molecular weight is 553 g/mol. The summed E-state index contributed by atoms with van der Waals surface area (Å²) in [5, 5.41) is 12.1. The van der Waals surface area contributed by atoms with Crippen LogP contribution in [-0.4, -0.2) is 37.3 Å². The van der Waals surface area contributed by atoms with Crippen molar-refractivity contribution in [2.75, 3.05) is 31.1 Å². The van der Waals surface area contributed by atoms with Gasteiger partial charge in [-0.2, -0.15) is 0 Å². The molecule has 0 aromatic heterocycles. The Kier molecular flexibility index (Phi) is 15.5. The van der Waals surface area contributed by atoms with Crippen molar-refractivity contribution in [3.8, 4) is 0 Å². The lowest BCUT2D eigenvalue weighted by Gasteiger charge is -2.31. The maximum atomic E-state index is 10.5. The van der Waals surface area contributed by atoms with E-state index in [4.69, 9.17) is 5.11 Å². The second kappa shape index (κ2) is 19.2. The lowest BCUT2D eigenvalue weighted by Crippen LogP contribution is -2.43. The van der Waals surface area contributed by atoms with Crippen LogP contribution in [0.25, 0.3) is 0 Å². The Morgan fingerprint density at radius 3 is 1.95 bits per heavy atom. The molecule has 0 amide bonds. The van der Waals surface area contributed by atoms with E-state index < -0.39 is 5.97 Å². The number of rotatable bonds is 20. The van der Waals surface area contributed by atoms with Gasteiger partial charge in [0.15, 0.2) is 0 Å². The van der Waals surface area contributed by atoms with Crippen molar-refractivity contribution >= 4 is 23.4 Å². The largest absolute Gasteiger partial charge is 0.481 e. The number of carboxylic acid groups (broad SMARTS) is 1. The van der Waals surface area contributed by atoms with Gasteiger partial charge in [-0.3, -0.25) is 4.79 Å². The fraction of sp³-hybridized carbons (Fsp3) is 0.618. The van der Waals surface area contributed by atoms with Gasteiger partial charge in [0.1, 0.15) is 0 Å². The number of carboxylic acids is 1. The van der Waals surface area contributed by atoms with Gasteiger partial charge in [-0.05, 0) is 49.9 Å². The van der Waals surface area contributed by atoms with E-state index in [2.05, 4.69) is 59.6 Å². The number of benzene rings is 2. The van der Waals surface area contributed by atoms with Crippen LogP contribution in [0.4, 0.5) is 5.69 Å². The van der Waals surface area contributed by atoms with E-state index in [1.54, 1.807) is 0 Å². The molecule has 0 atom stereocenters. The number of aliphatic carboxylic acids is 1. The zero-order chi connectivity index (χ0) is 27.5. The fourth-order valence-corrected chi connectivity index (χ4v) is 6.66. The number of unbranched alkanes of at least 4 members (excludes halogenated alkanes) is 13. The van der Waals surface area contributed by atoms with Crippen LogP contribution >= 0.6 is 11.8 Å². The molecule has 1 fully saturated rings. The smallest absolute Gasteiger partial charge is 0.303 e. The maximum absolute atomic E-state index is 10.5. The van der Waals surface area contributed by atoms with E-state index in [0.717, 1.165) is 39.0 Å². The summed E-state index contributed by atoms with van der Waals surface area (Å²) < 4.78 is 0. The summed E-state index contributed by atoms with van der Waals surface area (Å²) in [6.45, 7) is 6.50. The molecule has 39 heavy (non-hydrogen) atoms. The van der Waals surface area contributed by atoms with Crippen LogP contribution in [0.3, 0.4) is 0 Å². The van der Waals surface area contributed by atoms with Crippen LogP contribution < -0.4 is 10.2 Å². The summed E-state index contributed by atoms with van der Waals surface area (Å²) in [5.41, 5.74) is 4.25.